The Labute approximate surface area is 127 Å². The van der Waals surface area contributed by atoms with E-state index in [0.717, 1.165) is 12.8 Å². The maximum Gasteiger partial charge on any atom is 0.223 e. The molecule has 1 aromatic rings. The van der Waals surface area contributed by atoms with Crippen molar-refractivity contribution in [3.05, 3.63) is 35.9 Å². The third-order valence-electron chi connectivity index (χ3n) is 4.00. The monoisotopic (exact) mass is 293 g/mol. The quantitative estimate of drug-likeness (QED) is 0.688. The average molecular weight is 293 g/mol. The van der Waals surface area contributed by atoms with Crippen LogP contribution in [0.3, 0.4) is 0 Å². The van der Waals surface area contributed by atoms with E-state index in [2.05, 4.69) is 5.32 Å². The summed E-state index contributed by atoms with van der Waals surface area (Å²) in [6, 6.07) is 9.13. The number of aliphatic hydroxyl groups excluding tert-OH is 1. The largest absolute Gasteiger partial charge is 0.391 e. The molecule has 0 heterocycles. The normalized spacial score (nSPS) is 15.5. The molecule has 1 rings (SSSR count). The van der Waals surface area contributed by atoms with Gasteiger partial charge in [-0.3, -0.25) is 4.79 Å². The minimum Gasteiger partial charge on any atom is -0.391 e. The van der Waals surface area contributed by atoms with Gasteiger partial charge in [-0.2, -0.15) is 0 Å². The molecule has 0 spiro atoms. The van der Waals surface area contributed by atoms with Crippen LogP contribution in [-0.2, 0) is 10.4 Å². The summed E-state index contributed by atoms with van der Waals surface area (Å²) in [5.41, 5.74) is -0.494. The zero-order chi connectivity index (χ0) is 15.9. The van der Waals surface area contributed by atoms with Gasteiger partial charge in [0.25, 0.3) is 0 Å². The van der Waals surface area contributed by atoms with Gasteiger partial charge in [0, 0.05) is 6.54 Å². The molecule has 1 aromatic carbocycles. The van der Waals surface area contributed by atoms with E-state index in [9.17, 15) is 15.0 Å². The van der Waals surface area contributed by atoms with Gasteiger partial charge in [0.15, 0.2) is 0 Å². The van der Waals surface area contributed by atoms with E-state index < -0.39 is 11.7 Å². The highest BCUT2D eigenvalue weighted by molar-refractivity contribution is 5.77. The molecule has 4 heteroatoms. The van der Waals surface area contributed by atoms with Gasteiger partial charge >= 0.3 is 0 Å². The predicted octanol–water partition coefficient (Wildman–Crippen LogP) is 2.20. The van der Waals surface area contributed by atoms with E-state index in [0.29, 0.717) is 5.56 Å². The van der Waals surface area contributed by atoms with Crippen molar-refractivity contribution in [3.8, 4) is 0 Å². The molecule has 0 fully saturated rings. The molecule has 0 bridgehead atoms. The predicted molar refractivity (Wildman–Crippen MR) is 83.7 cm³/mol. The highest BCUT2D eigenvalue weighted by Gasteiger charge is 2.27. The Kier molecular flexibility index (Phi) is 6.85. The molecule has 0 aliphatic carbocycles. The summed E-state index contributed by atoms with van der Waals surface area (Å²) in [7, 11) is 0. The Morgan fingerprint density at radius 3 is 2.33 bits per heavy atom. The molecule has 21 heavy (non-hydrogen) atoms. The van der Waals surface area contributed by atoms with E-state index in [4.69, 9.17) is 0 Å². The van der Waals surface area contributed by atoms with Crippen LogP contribution in [0.25, 0.3) is 0 Å². The standard InChI is InChI=1S/C17H27NO3/c1-4-13(5-2)15(19)12-18-16(20)11-17(3,21)14-9-7-6-8-10-14/h6-10,13,15,19,21H,4-5,11-12H2,1-3H3,(H,18,20). The molecule has 0 saturated heterocycles. The van der Waals surface area contributed by atoms with Gasteiger partial charge in [0.2, 0.25) is 5.91 Å². The van der Waals surface area contributed by atoms with Crippen LogP contribution in [0.15, 0.2) is 30.3 Å². The van der Waals surface area contributed by atoms with Gasteiger partial charge < -0.3 is 15.5 Å². The molecule has 0 radical (unpaired) electrons. The molecule has 0 aliphatic heterocycles. The van der Waals surface area contributed by atoms with Crippen LogP contribution < -0.4 is 5.32 Å². The molecule has 4 nitrogen and oxygen atoms in total. The fourth-order valence-corrected chi connectivity index (χ4v) is 2.49. The number of amides is 1. The average Bonchev–Trinajstić information content (AvgIpc) is 2.47. The summed E-state index contributed by atoms with van der Waals surface area (Å²) in [4.78, 5) is 12.0. The second kappa shape index (κ2) is 8.15. The van der Waals surface area contributed by atoms with Gasteiger partial charge in [0.05, 0.1) is 18.1 Å². The van der Waals surface area contributed by atoms with Crippen molar-refractivity contribution in [1.29, 1.82) is 0 Å². The molecular formula is C17H27NO3. The number of hydrogen-bond acceptors (Lipinski definition) is 3. The molecule has 0 aromatic heterocycles. The first-order valence-corrected chi connectivity index (χ1v) is 7.63. The lowest BCUT2D eigenvalue weighted by Crippen LogP contribution is -2.39. The molecule has 3 N–H and O–H groups in total. The second-order valence-corrected chi connectivity index (χ2v) is 5.76. The number of carbonyl (C=O) groups is 1. The van der Waals surface area contributed by atoms with Crippen LogP contribution in [0.4, 0.5) is 0 Å². The lowest BCUT2D eigenvalue weighted by molar-refractivity contribution is -0.126. The summed E-state index contributed by atoms with van der Waals surface area (Å²) in [5.74, 6) is -0.0613. The minimum atomic E-state index is -1.20. The molecule has 2 unspecified atom stereocenters. The molecular weight excluding hydrogens is 266 g/mol. The van der Waals surface area contributed by atoms with E-state index >= 15 is 0 Å². The molecule has 2 atom stereocenters. The van der Waals surface area contributed by atoms with Crippen molar-refractivity contribution in [2.75, 3.05) is 6.54 Å². The summed E-state index contributed by atoms with van der Waals surface area (Å²) >= 11 is 0. The Bertz CT molecular complexity index is 427. The smallest absolute Gasteiger partial charge is 0.223 e. The van der Waals surface area contributed by atoms with Crippen molar-refractivity contribution < 1.29 is 15.0 Å². The van der Waals surface area contributed by atoms with Crippen LogP contribution in [0, 0.1) is 5.92 Å². The van der Waals surface area contributed by atoms with Crippen molar-refractivity contribution in [3.63, 3.8) is 0 Å². The number of rotatable bonds is 8. The van der Waals surface area contributed by atoms with E-state index in [1.165, 1.54) is 0 Å². The molecule has 118 valence electrons. The Morgan fingerprint density at radius 1 is 1.24 bits per heavy atom. The van der Waals surface area contributed by atoms with Gasteiger partial charge in [-0.1, -0.05) is 57.0 Å². The number of benzene rings is 1. The van der Waals surface area contributed by atoms with Crippen LogP contribution in [0.1, 0.15) is 45.6 Å². The summed E-state index contributed by atoms with van der Waals surface area (Å²) < 4.78 is 0. The van der Waals surface area contributed by atoms with Gasteiger partial charge in [-0.05, 0) is 18.4 Å². The number of hydrogen-bond donors (Lipinski definition) is 3. The molecule has 0 saturated carbocycles. The second-order valence-electron chi connectivity index (χ2n) is 5.76. The fraction of sp³-hybridized carbons (Fsp3) is 0.588. The Morgan fingerprint density at radius 2 is 1.81 bits per heavy atom. The van der Waals surface area contributed by atoms with E-state index in [1.54, 1.807) is 19.1 Å². The highest BCUT2D eigenvalue weighted by Crippen LogP contribution is 2.23. The summed E-state index contributed by atoms with van der Waals surface area (Å²) in [6.07, 6.45) is 1.21. The Hall–Kier alpha value is -1.39. The third kappa shape index (κ3) is 5.48. The zero-order valence-electron chi connectivity index (χ0n) is 13.2. The van der Waals surface area contributed by atoms with Crippen LogP contribution in [0.5, 0.6) is 0 Å². The third-order valence-corrected chi connectivity index (χ3v) is 4.00. The summed E-state index contributed by atoms with van der Waals surface area (Å²) in [6.45, 7) is 5.91. The van der Waals surface area contributed by atoms with Crippen LogP contribution in [-0.4, -0.2) is 28.8 Å². The van der Waals surface area contributed by atoms with Crippen molar-refractivity contribution in [1.82, 2.24) is 5.32 Å². The Balaban J connectivity index is 2.50. The maximum atomic E-state index is 12.0. The lowest BCUT2D eigenvalue weighted by atomic mass is 9.92. The van der Waals surface area contributed by atoms with E-state index in [1.807, 2.05) is 32.0 Å². The number of nitrogens with one attached hydrogen (secondary N) is 1. The fourth-order valence-electron chi connectivity index (χ4n) is 2.49. The van der Waals surface area contributed by atoms with Gasteiger partial charge in [-0.15, -0.1) is 0 Å². The van der Waals surface area contributed by atoms with Crippen LogP contribution in [0.2, 0.25) is 0 Å². The zero-order valence-corrected chi connectivity index (χ0v) is 13.2. The van der Waals surface area contributed by atoms with Gasteiger partial charge in [0.1, 0.15) is 0 Å². The SMILES string of the molecule is CCC(CC)C(O)CNC(=O)CC(C)(O)c1ccccc1. The molecule has 0 aliphatic rings. The van der Waals surface area contributed by atoms with E-state index in [-0.39, 0.29) is 24.8 Å². The maximum absolute atomic E-state index is 12.0. The molecule has 1 amide bonds. The van der Waals surface area contributed by atoms with Crippen molar-refractivity contribution in [2.24, 2.45) is 5.92 Å². The topological polar surface area (TPSA) is 69.6 Å². The minimum absolute atomic E-state index is 0.0212. The highest BCUT2D eigenvalue weighted by atomic mass is 16.3. The number of carbonyl (C=O) groups excluding carboxylic acids is 1. The lowest BCUT2D eigenvalue weighted by Gasteiger charge is -2.24. The number of aliphatic hydroxyl groups is 2. The first-order valence-electron chi connectivity index (χ1n) is 7.63. The van der Waals surface area contributed by atoms with Crippen molar-refractivity contribution in [2.45, 2.75) is 51.7 Å². The van der Waals surface area contributed by atoms with Crippen LogP contribution >= 0.6 is 0 Å². The van der Waals surface area contributed by atoms with Crippen molar-refractivity contribution >= 4 is 5.91 Å². The van der Waals surface area contributed by atoms with Gasteiger partial charge in [-0.25, -0.2) is 0 Å². The first kappa shape index (κ1) is 17.7. The summed E-state index contributed by atoms with van der Waals surface area (Å²) in [5, 5.41) is 23.1. The first-order chi connectivity index (χ1) is 9.90.